The maximum Gasteiger partial charge on any atom is 0.471 e. The third kappa shape index (κ3) is 5.62. The van der Waals surface area contributed by atoms with E-state index >= 15 is 0 Å². The standard InChI is InChI=1S/C21H17F6N3O3/c22-20(23,24)18(32)29(12-13-5-2-1-3-6-13)9-10-30(19(33)21(25,26)27)16-8-4-7-15-14(16)11-17(31)28-15/h1-8H,9-12H2,(H,28,31). The third-order valence-electron chi connectivity index (χ3n) is 4.88. The fourth-order valence-corrected chi connectivity index (χ4v) is 3.43. The van der Waals surface area contributed by atoms with Gasteiger partial charge in [0.15, 0.2) is 0 Å². The molecule has 33 heavy (non-hydrogen) atoms. The van der Waals surface area contributed by atoms with Gasteiger partial charge in [-0.1, -0.05) is 36.4 Å². The molecular formula is C21H17F6N3O3. The molecule has 2 aromatic rings. The molecule has 0 saturated heterocycles. The number of carbonyl (C=O) groups excluding carboxylic acids is 3. The van der Waals surface area contributed by atoms with Crippen LogP contribution in [0.25, 0.3) is 0 Å². The first-order chi connectivity index (χ1) is 15.4. The summed E-state index contributed by atoms with van der Waals surface area (Å²) in [6.45, 7) is -2.24. The van der Waals surface area contributed by atoms with Crippen LogP contribution >= 0.6 is 0 Å². The number of nitrogens with zero attached hydrogens (tertiary/aromatic N) is 2. The summed E-state index contributed by atoms with van der Waals surface area (Å²) in [5, 5.41) is 2.43. The Balaban J connectivity index is 1.93. The highest BCUT2D eigenvalue weighted by atomic mass is 19.4. The van der Waals surface area contributed by atoms with Crippen molar-refractivity contribution in [3.8, 4) is 0 Å². The second kappa shape index (κ2) is 9.12. The minimum Gasteiger partial charge on any atom is -0.329 e. The van der Waals surface area contributed by atoms with Gasteiger partial charge in [-0.05, 0) is 17.7 Å². The highest BCUT2D eigenvalue weighted by molar-refractivity contribution is 6.05. The Hall–Kier alpha value is -3.57. The lowest BCUT2D eigenvalue weighted by Gasteiger charge is -2.30. The number of halogens is 6. The molecule has 3 rings (SSSR count). The van der Waals surface area contributed by atoms with Crippen molar-refractivity contribution in [1.82, 2.24) is 4.90 Å². The molecule has 0 radical (unpaired) electrons. The van der Waals surface area contributed by atoms with E-state index in [2.05, 4.69) is 5.32 Å². The summed E-state index contributed by atoms with van der Waals surface area (Å²) in [5.74, 6) is -5.08. The molecule has 3 amide bonds. The minimum absolute atomic E-state index is 0.108. The Morgan fingerprint density at radius 2 is 1.48 bits per heavy atom. The average Bonchev–Trinajstić information content (AvgIpc) is 3.12. The lowest BCUT2D eigenvalue weighted by atomic mass is 10.1. The summed E-state index contributed by atoms with van der Waals surface area (Å²) < 4.78 is 79.3. The van der Waals surface area contributed by atoms with Crippen LogP contribution in [-0.4, -0.2) is 48.1 Å². The smallest absolute Gasteiger partial charge is 0.329 e. The van der Waals surface area contributed by atoms with Crippen LogP contribution in [0.3, 0.4) is 0 Å². The lowest BCUT2D eigenvalue weighted by Crippen LogP contribution is -2.48. The Kier molecular flexibility index (Phi) is 6.65. The second-order valence-corrected chi connectivity index (χ2v) is 7.19. The van der Waals surface area contributed by atoms with E-state index in [1.807, 2.05) is 0 Å². The van der Waals surface area contributed by atoms with E-state index in [-0.39, 0.29) is 28.3 Å². The van der Waals surface area contributed by atoms with Gasteiger partial charge in [0.25, 0.3) is 0 Å². The maximum atomic E-state index is 13.3. The largest absolute Gasteiger partial charge is 0.471 e. The molecule has 0 aromatic heterocycles. The molecule has 176 valence electrons. The number of nitrogens with one attached hydrogen (secondary N) is 1. The van der Waals surface area contributed by atoms with Crippen molar-refractivity contribution >= 4 is 29.1 Å². The van der Waals surface area contributed by atoms with Gasteiger partial charge in [-0.2, -0.15) is 26.3 Å². The van der Waals surface area contributed by atoms with Crippen LogP contribution in [0, 0.1) is 0 Å². The van der Waals surface area contributed by atoms with Crippen LogP contribution in [-0.2, 0) is 27.3 Å². The molecule has 0 bridgehead atoms. The number of hydrogen-bond acceptors (Lipinski definition) is 3. The fraction of sp³-hybridized carbons (Fsp3) is 0.286. The van der Waals surface area contributed by atoms with Gasteiger partial charge in [0.1, 0.15) is 0 Å². The van der Waals surface area contributed by atoms with Gasteiger partial charge < -0.3 is 15.1 Å². The molecule has 1 N–H and O–H groups in total. The summed E-state index contributed by atoms with van der Waals surface area (Å²) >= 11 is 0. The number of hydrogen-bond donors (Lipinski definition) is 1. The molecule has 1 aliphatic rings. The highest BCUT2D eigenvalue weighted by Crippen LogP contribution is 2.34. The van der Waals surface area contributed by atoms with E-state index in [9.17, 15) is 40.7 Å². The van der Waals surface area contributed by atoms with Gasteiger partial charge in [0.05, 0.1) is 6.42 Å². The molecule has 12 heteroatoms. The zero-order chi connectivity index (χ0) is 24.4. The summed E-state index contributed by atoms with van der Waals surface area (Å²) in [4.78, 5) is 36.4. The number of amides is 3. The van der Waals surface area contributed by atoms with Crippen LogP contribution in [0.5, 0.6) is 0 Å². The van der Waals surface area contributed by atoms with Crippen molar-refractivity contribution in [2.75, 3.05) is 23.3 Å². The summed E-state index contributed by atoms with van der Waals surface area (Å²) in [6, 6.07) is 11.5. The van der Waals surface area contributed by atoms with Crippen LogP contribution < -0.4 is 10.2 Å². The number of rotatable bonds is 6. The molecule has 1 heterocycles. The van der Waals surface area contributed by atoms with Gasteiger partial charge in [-0.25, -0.2) is 0 Å². The molecule has 0 unspecified atom stereocenters. The van der Waals surface area contributed by atoms with Gasteiger partial charge in [-0.3, -0.25) is 14.4 Å². The first-order valence-corrected chi connectivity index (χ1v) is 9.58. The van der Waals surface area contributed by atoms with E-state index in [0.717, 1.165) is 6.07 Å². The molecule has 1 aliphatic heterocycles. The maximum absolute atomic E-state index is 13.3. The van der Waals surface area contributed by atoms with E-state index in [1.54, 1.807) is 6.07 Å². The summed E-state index contributed by atoms with van der Waals surface area (Å²) in [7, 11) is 0. The zero-order valence-electron chi connectivity index (χ0n) is 16.8. The average molecular weight is 473 g/mol. The monoisotopic (exact) mass is 473 g/mol. The van der Waals surface area contributed by atoms with Gasteiger partial charge in [0.2, 0.25) is 5.91 Å². The summed E-state index contributed by atoms with van der Waals surface area (Å²) in [6.07, 6.45) is -10.9. The van der Waals surface area contributed by atoms with E-state index in [4.69, 9.17) is 0 Å². The van der Waals surface area contributed by atoms with Crippen molar-refractivity contribution in [3.05, 3.63) is 59.7 Å². The second-order valence-electron chi connectivity index (χ2n) is 7.19. The molecular weight excluding hydrogens is 456 g/mol. The quantitative estimate of drug-likeness (QED) is 0.652. The Morgan fingerprint density at radius 1 is 0.848 bits per heavy atom. The normalized spacial score (nSPS) is 13.3. The molecule has 0 fully saturated rings. The Bertz CT molecular complexity index is 1050. The third-order valence-corrected chi connectivity index (χ3v) is 4.88. The van der Waals surface area contributed by atoms with Crippen LogP contribution in [0.2, 0.25) is 0 Å². The predicted octanol–water partition coefficient (Wildman–Crippen LogP) is 3.67. The van der Waals surface area contributed by atoms with Crippen LogP contribution in [0.4, 0.5) is 37.7 Å². The Labute approximate surface area is 183 Å². The fourth-order valence-electron chi connectivity index (χ4n) is 3.43. The minimum atomic E-state index is -5.34. The van der Waals surface area contributed by atoms with Crippen molar-refractivity contribution in [2.45, 2.75) is 25.3 Å². The molecule has 0 aliphatic carbocycles. The topological polar surface area (TPSA) is 69.7 Å². The molecule has 0 atom stereocenters. The highest BCUT2D eigenvalue weighted by Gasteiger charge is 2.46. The van der Waals surface area contributed by atoms with Crippen molar-refractivity contribution in [2.24, 2.45) is 0 Å². The molecule has 0 spiro atoms. The van der Waals surface area contributed by atoms with E-state index in [1.165, 1.54) is 36.4 Å². The van der Waals surface area contributed by atoms with Crippen molar-refractivity contribution in [3.63, 3.8) is 0 Å². The molecule has 0 saturated carbocycles. The number of carbonyl (C=O) groups is 3. The van der Waals surface area contributed by atoms with Gasteiger partial charge in [-0.15, -0.1) is 0 Å². The number of alkyl halides is 6. The van der Waals surface area contributed by atoms with Crippen molar-refractivity contribution < 1.29 is 40.7 Å². The summed E-state index contributed by atoms with van der Waals surface area (Å²) in [5.41, 5.74) is 0.355. The van der Waals surface area contributed by atoms with E-state index < -0.39 is 49.7 Å². The number of fused-ring (bicyclic) bond motifs is 1. The van der Waals surface area contributed by atoms with Crippen LogP contribution in [0.1, 0.15) is 11.1 Å². The predicted molar refractivity (Wildman–Crippen MR) is 105 cm³/mol. The molecule has 2 aromatic carbocycles. The zero-order valence-corrected chi connectivity index (χ0v) is 16.8. The SMILES string of the molecule is O=C1Cc2c(cccc2N(CCN(Cc2ccccc2)C(=O)C(F)(F)F)C(=O)C(F)(F)F)N1. The number of benzene rings is 2. The molecule has 6 nitrogen and oxygen atoms in total. The van der Waals surface area contributed by atoms with Crippen LogP contribution in [0.15, 0.2) is 48.5 Å². The van der Waals surface area contributed by atoms with Crippen molar-refractivity contribution in [1.29, 1.82) is 0 Å². The number of anilines is 2. The Morgan fingerprint density at radius 3 is 2.09 bits per heavy atom. The first-order valence-electron chi connectivity index (χ1n) is 9.58. The van der Waals surface area contributed by atoms with E-state index in [0.29, 0.717) is 10.5 Å². The van der Waals surface area contributed by atoms with Gasteiger partial charge in [0, 0.05) is 36.6 Å². The first kappa shape index (κ1) is 24.1. The van der Waals surface area contributed by atoms with Gasteiger partial charge >= 0.3 is 24.2 Å². The lowest BCUT2D eigenvalue weighted by molar-refractivity contribution is -0.186.